The zero-order chi connectivity index (χ0) is 17.6. The van der Waals surface area contributed by atoms with Crippen molar-refractivity contribution in [2.45, 2.75) is 38.8 Å². The molecule has 1 atom stereocenters. The molecule has 128 valence electrons. The van der Waals surface area contributed by atoms with E-state index < -0.39 is 29.5 Å². The van der Waals surface area contributed by atoms with E-state index in [0.29, 0.717) is 5.56 Å². The topological polar surface area (TPSA) is 73.9 Å². The van der Waals surface area contributed by atoms with E-state index in [2.05, 4.69) is 10.1 Å². The zero-order valence-electron chi connectivity index (χ0n) is 13.9. The molecule has 1 amide bonds. The van der Waals surface area contributed by atoms with Crippen molar-refractivity contribution in [3.8, 4) is 5.75 Å². The van der Waals surface area contributed by atoms with Crippen LogP contribution >= 0.6 is 0 Å². The molecule has 0 unspecified atom stereocenters. The Hall–Kier alpha value is -2.31. The maximum absolute atomic E-state index is 13.2. The van der Waals surface area contributed by atoms with Crippen LogP contribution in [-0.2, 0) is 20.7 Å². The largest absolute Gasteiger partial charge is 0.496 e. The van der Waals surface area contributed by atoms with Gasteiger partial charge in [0.05, 0.1) is 14.2 Å². The van der Waals surface area contributed by atoms with Gasteiger partial charge >= 0.3 is 12.1 Å². The van der Waals surface area contributed by atoms with Gasteiger partial charge in [0.1, 0.15) is 23.2 Å². The van der Waals surface area contributed by atoms with Crippen LogP contribution in [0.2, 0.25) is 0 Å². The summed E-state index contributed by atoms with van der Waals surface area (Å²) in [6.45, 7) is 5.13. The van der Waals surface area contributed by atoms with Crippen LogP contribution in [0.25, 0.3) is 0 Å². The Kier molecular flexibility index (Phi) is 6.36. The highest BCUT2D eigenvalue weighted by molar-refractivity contribution is 5.81. The van der Waals surface area contributed by atoms with Gasteiger partial charge in [-0.3, -0.25) is 0 Å². The minimum absolute atomic E-state index is 0.0787. The van der Waals surface area contributed by atoms with Crippen LogP contribution in [0.5, 0.6) is 5.75 Å². The Labute approximate surface area is 134 Å². The number of amides is 1. The van der Waals surface area contributed by atoms with Gasteiger partial charge in [0.2, 0.25) is 0 Å². The lowest BCUT2D eigenvalue weighted by Crippen LogP contribution is -2.45. The van der Waals surface area contributed by atoms with Crippen molar-refractivity contribution in [3.05, 3.63) is 29.6 Å². The Morgan fingerprint density at radius 3 is 2.43 bits per heavy atom. The van der Waals surface area contributed by atoms with Crippen LogP contribution in [0, 0.1) is 5.82 Å². The minimum atomic E-state index is -0.978. The lowest BCUT2D eigenvalue weighted by atomic mass is 10.0. The summed E-state index contributed by atoms with van der Waals surface area (Å²) in [5, 5.41) is 2.45. The van der Waals surface area contributed by atoms with E-state index in [4.69, 9.17) is 9.47 Å². The van der Waals surface area contributed by atoms with Crippen LogP contribution in [0.3, 0.4) is 0 Å². The van der Waals surface area contributed by atoms with Crippen LogP contribution in [0.4, 0.5) is 9.18 Å². The monoisotopic (exact) mass is 327 g/mol. The highest BCUT2D eigenvalue weighted by Gasteiger charge is 2.26. The first kappa shape index (κ1) is 18.7. The van der Waals surface area contributed by atoms with Crippen LogP contribution < -0.4 is 10.1 Å². The van der Waals surface area contributed by atoms with Gasteiger partial charge in [-0.15, -0.1) is 0 Å². The number of ether oxygens (including phenoxy) is 3. The molecule has 0 aliphatic rings. The Morgan fingerprint density at radius 1 is 1.26 bits per heavy atom. The molecule has 1 aromatic carbocycles. The van der Waals surface area contributed by atoms with Crippen molar-refractivity contribution in [2.75, 3.05) is 14.2 Å². The summed E-state index contributed by atoms with van der Waals surface area (Å²) in [7, 11) is 2.61. The molecule has 1 rings (SSSR count). The normalized spacial score (nSPS) is 12.3. The van der Waals surface area contributed by atoms with Crippen LogP contribution in [0.15, 0.2) is 18.2 Å². The van der Waals surface area contributed by atoms with Gasteiger partial charge in [-0.25, -0.2) is 14.0 Å². The van der Waals surface area contributed by atoms with Gasteiger partial charge in [-0.2, -0.15) is 0 Å². The molecule has 0 radical (unpaired) electrons. The molecule has 1 N–H and O–H groups in total. The van der Waals surface area contributed by atoms with E-state index in [9.17, 15) is 14.0 Å². The van der Waals surface area contributed by atoms with Crippen molar-refractivity contribution in [3.63, 3.8) is 0 Å². The minimum Gasteiger partial charge on any atom is -0.496 e. The summed E-state index contributed by atoms with van der Waals surface area (Å²) in [4.78, 5) is 23.7. The van der Waals surface area contributed by atoms with Crippen molar-refractivity contribution in [2.24, 2.45) is 0 Å². The SMILES string of the molecule is COC(=O)[C@@H](Cc1ccc(F)cc1OC)NC(=O)OC(C)(C)C. The number of esters is 1. The Balaban J connectivity index is 2.92. The molecule has 0 aliphatic carbocycles. The molecule has 6 nitrogen and oxygen atoms in total. The molecule has 7 heteroatoms. The van der Waals surface area contributed by atoms with E-state index in [1.807, 2.05) is 0 Å². The van der Waals surface area contributed by atoms with E-state index in [1.54, 1.807) is 20.8 Å². The fourth-order valence-corrected chi connectivity index (χ4v) is 1.89. The highest BCUT2D eigenvalue weighted by Crippen LogP contribution is 2.21. The van der Waals surface area contributed by atoms with Gasteiger partial charge in [-0.1, -0.05) is 6.07 Å². The molecular weight excluding hydrogens is 305 g/mol. The molecule has 0 heterocycles. The maximum atomic E-state index is 13.2. The third kappa shape index (κ3) is 6.14. The highest BCUT2D eigenvalue weighted by atomic mass is 19.1. The number of benzene rings is 1. The number of nitrogens with one attached hydrogen (secondary N) is 1. The number of alkyl carbamates (subject to hydrolysis) is 1. The fourth-order valence-electron chi connectivity index (χ4n) is 1.89. The van der Waals surface area contributed by atoms with Crippen molar-refractivity contribution in [1.82, 2.24) is 5.32 Å². The first-order chi connectivity index (χ1) is 10.7. The van der Waals surface area contributed by atoms with Gasteiger partial charge in [0.25, 0.3) is 0 Å². The van der Waals surface area contributed by atoms with Crippen LogP contribution in [0.1, 0.15) is 26.3 Å². The third-order valence-corrected chi connectivity index (χ3v) is 2.85. The van der Waals surface area contributed by atoms with Gasteiger partial charge < -0.3 is 19.5 Å². The number of hydrogen-bond acceptors (Lipinski definition) is 5. The van der Waals surface area contributed by atoms with E-state index >= 15 is 0 Å². The second-order valence-electron chi connectivity index (χ2n) is 5.88. The Bertz CT molecular complexity index is 568. The number of rotatable bonds is 5. The predicted molar refractivity (Wildman–Crippen MR) is 81.8 cm³/mol. The van der Waals surface area contributed by atoms with Crippen molar-refractivity contribution >= 4 is 12.1 Å². The molecule has 0 aromatic heterocycles. The average molecular weight is 327 g/mol. The lowest BCUT2D eigenvalue weighted by Gasteiger charge is -2.23. The summed E-state index contributed by atoms with van der Waals surface area (Å²) < 4.78 is 28.1. The first-order valence-electron chi connectivity index (χ1n) is 7.06. The summed E-state index contributed by atoms with van der Waals surface area (Å²) in [6, 6.07) is 2.96. The average Bonchev–Trinajstić information content (AvgIpc) is 2.45. The fraction of sp³-hybridized carbons (Fsp3) is 0.500. The summed E-state index contributed by atoms with van der Waals surface area (Å²) in [6.07, 6.45) is -0.663. The molecule has 0 spiro atoms. The second kappa shape index (κ2) is 7.80. The third-order valence-electron chi connectivity index (χ3n) is 2.85. The number of hydrogen-bond donors (Lipinski definition) is 1. The predicted octanol–water partition coefficient (Wildman–Crippen LogP) is 2.44. The quantitative estimate of drug-likeness (QED) is 0.841. The smallest absolute Gasteiger partial charge is 0.408 e. The number of carbonyl (C=O) groups excluding carboxylic acids is 2. The molecule has 0 bridgehead atoms. The zero-order valence-corrected chi connectivity index (χ0v) is 13.9. The molecule has 0 aliphatic heterocycles. The van der Waals surface area contributed by atoms with Crippen molar-refractivity contribution in [1.29, 1.82) is 0 Å². The first-order valence-corrected chi connectivity index (χ1v) is 7.06. The van der Waals surface area contributed by atoms with Gasteiger partial charge in [-0.05, 0) is 32.4 Å². The molecule has 0 saturated heterocycles. The summed E-state index contributed by atoms with van der Waals surface area (Å²) in [5.74, 6) is -0.813. The molecular formula is C16H22FNO5. The lowest BCUT2D eigenvalue weighted by molar-refractivity contribution is -0.143. The van der Waals surface area contributed by atoms with E-state index in [-0.39, 0.29) is 12.2 Å². The van der Waals surface area contributed by atoms with Crippen LogP contribution in [-0.4, -0.2) is 37.9 Å². The standard InChI is InChI=1S/C16H22FNO5/c1-16(2,3)23-15(20)18-12(14(19)22-5)8-10-6-7-11(17)9-13(10)21-4/h6-7,9,12H,8H2,1-5H3,(H,18,20)/t12-/m1/s1. The Morgan fingerprint density at radius 2 is 1.91 bits per heavy atom. The molecule has 0 saturated carbocycles. The molecule has 0 fully saturated rings. The summed E-state index contributed by atoms with van der Waals surface area (Å²) in [5.41, 5.74) is -0.140. The van der Waals surface area contributed by atoms with E-state index in [1.165, 1.54) is 32.4 Å². The number of carbonyl (C=O) groups is 2. The number of halogens is 1. The van der Waals surface area contributed by atoms with Gasteiger partial charge in [0.15, 0.2) is 0 Å². The van der Waals surface area contributed by atoms with Crippen molar-refractivity contribution < 1.29 is 28.2 Å². The van der Waals surface area contributed by atoms with Gasteiger partial charge in [0, 0.05) is 12.5 Å². The molecule has 23 heavy (non-hydrogen) atoms. The van der Waals surface area contributed by atoms with E-state index in [0.717, 1.165) is 0 Å². The number of methoxy groups -OCH3 is 2. The second-order valence-corrected chi connectivity index (χ2v) is 5.88. The maximum Gasteiger partial charge on any atom is 0.408 e. The molecule has 1 aromatic rings. The summed E-state index contributed by atoms with van der Waals surface area (Å²) >= 11 is 0.